The van der Waals surface area contributed by atoms with E-state index in [-0.39, 0.29) is 5.91 Å². The van der Waals surface area contributed by atoms with Crippen LogP contribution in [-0.4, -0.2) is 43.5 Å². The van der Waals surface area contributed by atoms with E-state index in [9.17, 15) is 4.79 Å². The van der Waals surface area contributed by atoms with E-state index < -0.39 is 0 Å². The number of rotatable bonds is 4. The van der Waals surface area contributed by atoms with Crippen LogP contribution in [0.4, 0.5) is 0 Å². The fourth-order valence-electron chi connectivity index (χ4n) is 2.80. The average molecular weight is 301 g/mol. The van der Waals surface area contributed by atoms with E-state index in [2.05, 4.69) is 30.3 Å². The predicted molar refractivity (Wildman–Crippen MR) is 85.9 cm³/mol. The zero-order valence-electron chi connectivity index (χ0n) is 12.1. The van der Waals surface area contributed by atoms with E-state index in [1.807, 2.05) is 22.4 Å². The monoisotopic (exact) mass is 301 g/mol. The molecule has 110 valence electrons. The molecule has 1 amide bonds. The Labute approximate surface area is 129 Å². The number of amides is 1. The lowest BCUT2D eigenvalue weighted by Crippen LogP contribution is -3.15. The molecule has 3 nitrogen and oxygen atoms in total. The highest BCUT2D eigenvalue weighted by atomic mass is 32.1. The predicted octanol–water partition coefficient (Wildman–Crippen LogP) is 1.33. The van der Waals surface area contributed by atoms with Crippen LogP contribution in [0.15, 0.2) is 47.8 Å². The van der Waals surface area contributed by atoms with Gasteiger partial charge in [-0.1, -0.05) is 36.4 Å². The second-order valence-corrected chi connectivity index (χ2v) is 6.45. The molecule has 1 saturated heterocycles. The zero-order valence-corrected chi connectivity index (χ0v) is 12.9. The van der Waals surface area contributed by atoms with Gasteiger partial charge in [-0.15, -0.1) is 11.3 Å². The maximum Gasteiger partial charge on any atom is 0.264 e. The minimum absolute atomic E-state index is 0.201. The minimum atomic E-state index is 0.201. The van der Waals surface area contributed by atoms with Gasteiger partial charge >= 0.3 is 0 Å². The van der Waals surface area contributed by atoms with Crippen LogP contribution in [0.2, 0.25) is 0 Å². The molecule has 4 heteroatoms. The summed E-state index contributed by atoms with van der Waals surface area (Å²) in [7, 11) is 0. The third-order valence-electron chi connectivity index (χ3n) is 4.10. The van der Waals surface area contributed by atoms with Gasteiger partial charge < -0.3 is 9.80 Å². The van der Waals surface area contributed by atoms with Gasteiger partial charge in [-0.05, 0) is 17.0 Å². The summed E-state index contributed by atoms with van der Waals surface area (Å²) >= 11 is 1.54. The van der Waals surface area contributed by atoms with E-state index in [4.69, 9.17) is 0 Å². The van der Waals surface area contributed by atoms with Crippen molar-refractivity contribution in [2.45, 2.75) is 6.42 Å². The standard InChI is InChI=1S/C17H20N2OS/c20-17(16-7-4-14-21-16)19-12-10-18(11-13-19)9-8-15-5-2-1-3-6-15/h1-7,14H,8-13H2/p+1. The number of piperazine rings is 1. The number of quaternary nitrogens is 1. The average Bonchev–Trinajstić information content (AvgIpc) is 3.08. The summed E-state index contributed by atoms with van der Waals surface area (Å²) in [4.78, 5) is 16.7. The first kappa shape index (κ1) is 14.3. The highest BCUT2D eigenvalue weighted by Crippen LogP contribution is 2.11. The van der Waals surface area contributed by atoms with Crippen molar-refractivity contribution in [1.29, 1.82) is 0 Å². The quantitative estimate of drug-likeness (QED) is 0.905. The van der Waals surface area contributed by atoms with Crippen molar-refractivity contribution in [1.82, 2.24) is 4.90 Å². The maximum atomic E-state index is 12.3. The van der Waals surface area contributed by atoms with Crippen LogP contribution in [-0.2, 0) is 6.42 Å². The Morgan fingerprint density at radius 3 is 2.52 bits per heavy atom. The Hall–Kier alpha value is -1.65. The van der Waals surface area contributed by atoms with Crippen molar-refractivity contribution in [3.63, 3.8) is 0 Å². The molecule has 1 fully saturated rings. The van der Waals surface area contributed by atoms with Gasteiger partial charge in [0.2, 0.25) is 0 Å². The molecule has 0 spiro atoms. The highest BCUT2D eigenvalue weighted by Gasteiger charge is 2.24. The number of hydrogen-bond donors (Lipinski definition) is 1. The summed E-state index contributed by atoms with van der Waals surface area (Å²) in [5.41, 5.74) is 1.40. The summed E-state index contributed by atoms with van der Waals surface area (Å²) in [5, 5.41) is 1.97. The lowest BCUT2D eigenvalue weighted by atomic mass is 10.1. The number of carbonyl (C=O) groups is 1. The molecule has 21 heavy (non-hydrogen) atoms. The molecule has 0 unspecified atom stereocenters. The largest absolute Gasteiger partial charge is 0.332 e. The van der Waals surface area contributed by atoms with Crippen molar-refractivity contribution in [2.24, 2.45) is 0 Å². The Balaban J connectivity index is 1.46. The van der Waals surface area contributed by atoms with E-state index in [1.54, 1.807) is 4.90 Å². The number of nitrogens with one attached hydrogen (secondary N) is 1. The number of thiophene rings is 1. The first-order chi connectivity index (χ1) is 10.3. The molecule has 0 aliphatic carbocycles. The molecule has 0 bridgehead atoms. The molecule has 0 radical (unpaired) electrons. The summed E-state index contributed by atoms with van der Waals surface area (Å²) in [6.07, 6.45) is 1.12. The number of nitrogens with zero attached hydrogens (tertiary/aromatic N) is 1. The van der Waals surface area contributed by atoms with Gasteiger partial charge in [0.25, 0.3) is 5.91 Å². The fourth-order valence-corrected chi connectivity index (χ4v) is 3.49. The molecular weight excluding hydrogens is 280 g/mol. The van der Waals surface area contributed by atoms with Crippen LogP contribution >= 0.6 is 11.3 Å². The van der Waals surface area contributed by atoms with Gasteiger partial charge in [0, 0.05) is 6.42 Å². The van der Waals surface area contributed by atoms with Crippen LogP contribution in [0.3, 0.4) is 0 Å². The second kappa shape index (κ2) is 6.87. The molecule has 1 aliphatic rings. The van der Waals surface area contributed by atoms with Crippen molar-refractivity contribution in [3.05, 3.63) is 58.3 Å². The number of hydrogen-bond acceptors (Lipinski definition) is 2. The van der Waals surface area contributed by atoms with Crippen molar-refractivity contribution in [2.75, 3.05) is 32.7 Å². The highest BCUT2D eigenvalue weighted by molar-refractivity contribution is 7.12. The molecule has 3 rings (SSSR count). The first-order valence-electron chi connectivity index (χ1n) is 7.53. The molecule has 1 N–H and O–H groups in total. The van der Waals surface area contributed by atoms with E-state index in [0.29, 0.717) is 0 Å². The van der Waals surface area contributed by atoms with Gasteiger partial charge in [-0.2, -0.15) is 0 Å². The van der Waals surface area contributed by atoms with E-state index in [0.717, 1.165) is 44.0 Å². The Morgan fingerprint density at radius 2 is 1.86 bits per heavy atom. The molecule has 1 aromatic carbocycles. The van der Waals surface area contributed by atoms with Crippen molar-refractivity contribution < 1.29 is 9.69 Å². The van der Waals surface area contributed by atoms with Crippen molar-refractivity contribution in [3.8, 4) is 0 Å². The van der Waals surface area contributed by atoms with Gasteiger partial charge in [0.1, 0.15) is 0 Å². The molecule has 1 aromatic heterocycles. The minimum Gasteiger partial charge on any atom is -0.332 e. The van der Waals surface area contributed by atoms with Crippen LogP contribution < -0.4 is 4.90 Å². The molecule has 0 saturated carbocycles. The summed E-state index contributed by atoms with van der Waals surface area (Å²) in [6.45, 7) is 5.03. The maximum absolute atomic E-state index is 12.3. The summed E-state index contributed by atoms with van der Waals surface area (Å²) in [5.74, 6) is 0.201. The Kier molecular flexibility index (Phi) is 4.68. The molecule has 1 aliphatic heterocycles. The SMILES string of the molecule is O=C(c1cccs1)N1CC[NH+](CCc2ccccc2)CC1. The second-order valence-electron chi connectivity index (χ2n) is 5.51. The zero-order chi connectivity index (χ0) is 14.5. The lowest BCUT2D eigenvalue weighted by Gasteiger charge is -2.32. The van der Waals surface area contributed by atoms with E-state index in [1.165, 1.54) is 16.9 Å². The molecule has 0 atom stereocenters. The number of carbonyl (C=O) groups excluding carboxylic acids is 1. The summed E-state index contributed by atoms with van der Waals surface area (Å²) in [6, 6.07) is 14.5. The van der Waals surface area contributed by atoms with Gasteiger partial charge in [-0.3, -0.25) is 4.79 Å². The topological polar surface area (TPSA) is 24.8 Å². The lowest BCUT2D eigenvalue weighted by molar-refractivity contribution is -0.903. The van der Waals surface area contributed by atoms with E-state index >= 15 is 0 Å². The third kappa shape index (κ3) is 3.71. The third-order valence-corrected chi connectivity index (χ3v) is 4.96. The molecule has 2 aromatic rings. The Morgan fingerprint density at radius 1 is 1.10 bits per heavy atom. The fraction of sp³-hybridized carbons (Fsp3) is 0.353. The number of benzene rings is 1. The van der Waals surface area contributed by atoms with Gasteiger partial charge in [0.15, 0.2) is 0 Å². The van der Waals surface area contributed by atoms with Crippen LogP contribution in [0.5, 0.6) is 0 Å². The van der Waals surface area contributed by atoms with Crippen molar-refractivity contribution >= 4 is 17.2 Å². The first-order valence-corrected chi connectivity index (χ1v) is 8.41. The Bertz CT molecular complexity index is 560. The normalized spacial score (nSPS) is 16.1. The molecular formula is C17H21N2OS+. The van der Waals surface area contributed by atoms with Gasteiger partial charge in [0.05, 0.1) is 37.6 Å². The van der Waals surface area contributed by atoms with Crippen LogP contribution in [0.25, 0.3) is 0 Å². The summed E-state index contributed by atoms with van der Waals surface area (Å²) < 4.78 is 0. The van der Waals surface area contributed by atoms with Gasteiger partial charge in [-0.25, -0.2) is 0 Å². The smallest absolute Gasteiger partial charge is 0.264 e. The van der Waals surface area contributed by atoms with Crippen LogP contribution in [0.1, 0.15) is 15.2 Å². The van der Waals surface area contributed by atoms with Crippen LogP contribution in [0, 0.1) is 0 Å². The molecule has 2 heterocycles.